The zero-order valence-corrected chi connectivity index (χ0v) is 15.5. The van der Waals surface area contributed by atoms with Crippen molar-refractivity contribution in [3.63, 3.8) is 0 Å². The lowest BCUT2D eigenvalue weighted by Crippen LogP contribution is -2.23. The van der Waals surface area contributed by atoms with Crippen molar-refractivity contribution in [1.82, 2.24) is 9.97 Å². The Morgan fingerprint density at radius 3 is 1.23 bits per heavy atom. The zero-order valence-electron chi connectivity index (χ0n) is 15.5. The van der Waals surface area contributed by atoms with E-state index in [1.54, 1.807) is 72.8 Å². The summed E-state index contributed by atoms with van der Waals surface area (Å²) in [5.41, 5.74) is 3.84. The molecule has 2 aromatic heterocycles. The van der Waals surface area contributed by atoms with Gasteiger partial charge in [-0.2, -0.15) is 0 Å². The molecule has 2 heterocycles. The molecule has 4 aromatic rings. The van der Waals surface area contributed by atoms with E-state index in [4.69, 9.17) is 0 Å². The van der Waals surface area contributed by atoms with E-state index in [9.17, 15) is 19.8 Å². The van der Waals surface area contributed by atoms with Crippen LogP contribution in [-0.4, -0.2) is 31.7 Å². The molecular weight excluding hydrogens is 380 g/mol. The van der Waals surface area contributed by atoms with Crippen LogP contribution in [0, 0.1) is 0 Å². The number of Topliss-reactive ketones (excluding diaryl/α,β-unsaturated/α-hetero) is 2. The van der Waals surface area contributed by atoms with Gasteiger partial charge in [0, 0.05) is 11.1 Å². The van der Waals surface area contributed by atoms with Crippen molar-refractivity contribution in [3.05, 3.63) is 83.9 Å². The van der Waals surface area contributed by atoms with Gasteiger partial charge in [-0.05, 0) is 72.8 Å². The fourth-order valence-electron chi connectivity index (χ4n) is 3.48. The van der Waals surface area contributed by atoms with E-state index >= 15 is 0 Å². The van der Waals surface area contributed by atoms with E-state index in [1.165, 1.54) is 0 Å². The number of aromatic hydroxyl groups is 2. The van der Waals surface area contributed by atoms with Gasteiger partial charge in [0.05, 0.1) is 22.5 Å². The molecule has 144 valence electrons. The number of carbonyl (C=O) groups excluding carboxylic acids is 2. The van der Waals surface area contributed by atoms with Crippen LogP contribution in [0.4, 0.5) is 0 Å². The normalized spacial score (nSPS) is 12.4. The Bertz CT molecular complexity index is 1220. The summed E-state index contributed by atoms with van der Waals surface area (Å²) in [5.74, 6) is -0.936. The topological polar surface area (TPSA) is 100 Å². The number of nitrogens with zero attached hydrogens (tertiary/aromatic N) is 2. The minimum atomic E-state index is -0.610. The molecular formula is C24H14N2O4. The second kappa shape index (κ2) is 6.63. The minimum absolute atomic E-state index is 0.142. The zero-order chi connectivity index (χ0) is 20.8. The van der Waals surface area contributed by atoms with Crippen LogP contribution in [0.1, 0.15) is 20.7 Å². The Morgan fingerprint density at radius 2 is 0.867 bits per heavy atom. The van der Waals surface area contributed by atoms with Crippen LogP contribution in [0.2, 0.25) is 0 Å². The van der Waals surface area contributed by atoms with Gasteiger partial charge in [0.1, 0.15) is 22.9 Å². The molecule has 0 saturated heterocycles. The average molecular weight is 394 g/mol. The summed E-state index contributed by atoms with van der Waals surface area (Å²) in [6, 6.07) is 19.6. The Balaban J connectivity index is 1.70. The van der Waals surface area contributed by atoms with E-state index in [0.29, 0.717) is 22.8 Å². The van der Waals surface area contributed by atoms with Crippen LogP contribution in [0.5, 0.6) is 11.5 Å². The molecule has 0 amide bonds. The molecule has 6 heteroatoms. The second-order valence-corrected chi connectivity index (χ2v) is 6.94. The van der Waals surface area contributed by atoms with Gasteiger partial charge in [-0.25, -0.2) is 9.97 Å². The fraction of sp³-hybridized carbons (Fsp3) is 0. The summed E-state index contributed by atoms with van der Waals surface area (Å²) in [4.78, 5) is 34.4. The number of fused-ring (bicyclic) bond motifs is 3. The number of ketones is 2. The van der Waals surface area contributed by atoms with Crippen molar-refractivity contribution in [2.24, 2.45) is 0 Å². The number of pyridine rings is 2. The highest BCUT2D eigenvalue weighted by Crippen LogP contribution is 2.34. The Morgan fingerprint density at radius 1 is 0.500 bits per heavy atom. The molecule has 0 radical (unpaired) electrons. The molecule has 0 unspecified atom stereocenters. The third-order valence-corrected chi connectivity index (χ3v) is 5.04. The summed E-state index contributed by atoms with van der Waals surface area (Å²) in [6.07, 6.45) is 0. The maximum atomic E-state index is 12.6. The van der Waals surface area contributed by atoms with Crippen LogP contribution in [0.15, 0.2) is 72.8 Å². The van der Waals surface area contributed by atoms with Crippen molar-refractivity contribution < 1.29 is 19.8 Å². The van der Waals surface area contributed by atoms with Crippen LogP contribution in [0.25, 0.3) is 33.9 Å². The lowest BCUT2D eigenvalue weighted by Gasteiger charge is -2.18. The molecule has 0 spiro atoms. The largest absolute Gasteiger partial charge is 0.508 e. The first kappa shape index (κ1) is 17.8. The van der Waals surface area contributed by atoms with Crippen molar-refractivity contribution >= 4 is 11.6 Å². The number of benzene rings is 2. The van der Waals surface area contributed by atoms with Crippen molar-refractivity contribution in [1.29, 1.82) is 0 Å². The molecule has 0 saturated carbocycles. The number of aromatic nitrogens is 2. The lowest BCUT2D eigenvalue weighted by molar-refractivity contribution is 0.0814. The van der Waals surface area contributed by atoms with Crippen LogP contribution >= 0.6 is 0 Å². The summed E-state index contributed by atoms with van der Waals surface area (Å²) in [7, 11) is 0. The van der Waals surface area contributed by atoms with Crippen LogP contribution in [-0.2, 0) is 0 Å². The molecule has 0 aliphatic heterocycles. The molecule has 1 aliphatic rings. The van der Waals surface area contributed by atoms with Gasteiger partial charge in [0.2, 0.25) is 11.6 Å². The molecule has 0 fully saturated rings. The number of phenols is 2. The van der Waals surface area contributed by atoms with Crippen molar-refractivity contribution in [2.75, 3.05) is 0 Å². The minimum Gasteiger partial charge on any atom is -0.508 e. The molecule has 2 aromatic carbocycles. The molecule has 2 N–H and O–H groups in total. The Hall–Kier alpha value is -4.32. The number of carbonyl (C=O) groups is 2. The first-order valence-electron chi connectivity index (χ1n) is 9.21. The molecule has 0 bridgehead atoms. The molecule has 0 atom stereocenters. The van der Waals surface area contributed by atoms with Gasteiger partial charge in [-0.15, -0.1) is 0 Å². The number of hydrogen-bond acceptors (Lipinski definition) is 6. The van der Waals surface area contributed by atoms with Crippen molar-refractivity contribution in [3.8, 4) is 45.4 Å². The van der Waals surface area contributed by atoms with Gasteiger partial charge in [-0.3, -0.25) is 9.59 Å². The highest BCUT2D eigenvalue weighted by molar-refractivity contribution is 6.52. The van der Waals surface area contributed by atoms with Gasteiger partial charge < -0.3 is 10.2 Å². The lowest BCUT2D eigenvalue weighted by atomic mass is 9.89. The predicted octanol–water partition coefficient (Wildman–Crippen LogP) is 4.27. The fourth-order valence-corrected chi connectivity index (χ4v) is 3.48. The SMILES string of the molecule is O=C1C(=O)c2ccc(-c3ccc(O)cc3)nc2-c2nc(-c3ccc(O)cc3)ccc21. The number of phenolic OH excluding ortho intramolecular Hbond substituents is 2. The summed E-state index contributed by atoms with van der Waals surface area (Å²) in [6.45, 7) is 0. The Kier molecular flexibility index (Phi) is 3.93. The third kappa shape index (κ3) is 2.82. The predicted molar refractivity (Wildman–Crippen MR) is 110 cm³/mol. The van der Waals surface area contributed by atoms with E-state index < -0.39 is 11.6 Å². The van der Waals surface area contributed by atoms with E-state index in [0.717, 1.165) is 11.1 Å². The number of rotatable bonds is 2. The monoisotopic (exact) mass is 394 g/mol. The number of hydrogen-bond donors (Lipinski definition) is 2. The standard InChI is InChI=1S/C24H14N2O4/c27-15-5-1-13(2-6-15)19-11-9-17-21(25-19)22-18(24(30)23(17)29)10-12-20(26-22)14-3-7-16(28)8-4-14/h1-12,27-28H. The molecule has 5 rings (SSSR count). The molecule has 6 nitrogen and oxygen atoms in total. The highest BCUT2D eigenvalue weighted by Gasteiger charge is 2.33. The third-order valence-electron chi connectivity index (χ3n) is 5.04. The maximum absolute atomic E-state index is 12.6. The summed E-state index contributed by atoms with van der Waals surface area (Å²) in [5, 5.41) is 19.0. The van der Waals surface area contributed by atoms with Gasteiger partial charge in [0.25, 0.3) is 0 Å². The summed E-state index contributed by atoms with van der Waals surface area (Å²) >= 11 is 0. The first-order valence-corrected chi connectivity index (χ1v) is 9.21. The van der Waals surface area contributed by atoms with E-state index in [-0.39, 0.29) is 22.6 Å². The molecule has 30 heavy (non-hydrogen) atoms. The maximum Gasteiger partial charge on any atom is 0.235 e. The van der Waals surface area contributed by atoms with Gasteiger partial charge >= 0.3 is 0 Å². The average Bonchev–Trinajstić information content (AvgIpc) is 2.78. The van der Waals surface area contributed by atoms with E-state index in [2.05, 4.69) is 9.97 Å². The van der Waals surface area contributed by atoms with Gasteiger partial charge in [0.15, 0.2) is 0 Å². The van der Waals surface area contributed by atoms with Gasteiger partial charge in [-0.1, -0.05) is 0 Å². The summed E-state index contributed by atoms with van der Waals surface area (Å²) < 4.78 is 0. The first-order chi connectivity index (χ1) is 14.5. The van der Waals surface area contributed by atoms with Crippen LogP contribution < -0.4 is 0 Å². The smallest absolute Gasteiger partial charge is 0.235 e. The van der Waals surface area contributed by atoms with E-state index in [1.807, 2.05) is 0 Å². The Labute approximate surface area is 171 Å². The quantitative estimate of drug-likeness (QED) is 0.493. The van der Waals surface area contributed by atoms with Crippen LogP contribution in [0.3, 0.4) is 0 Å². The highest BCUT2D eigenvalue weighted by atomic mass is 16.3. The second-order valence-electron chi connectivity index (χ2n) is 6.94. The molecule has 1 aliphatic carbocycles. The van der Waals surface area contributed by atoms with Crippen molar-refractivity contribution in [2.45, 2.75) is 0 Å².